The summed E-state index contributed by atoms with van der Waals surface area (Å²) in [6, 6.07) is 20.0. The van der Waals surface area contributed by atoms with Crippen LogP contribution < -0.4 is 5.32 Å². The smallest absolute Gasteiger partial charge is 0.412 e. The summed E-state index contributed by atoms with van der Waals surface area (Å²) in [5, 5.41) is 16.2. The van der Waals surface area contributed by atoms with Gasteiger partial charge < -0.3 is 14.4 Å². The number of aryl methyl sites for hydroxylation is 1. The number of amides is 1. The topological polar surface area (TPSA) is 119 Å². The number of hydrogen-bond donors (Lipinski definition) is 2. The fraction of sp³-hybridized carbons (Fsp3) is 0.143. The van der Waals surface area contributed by atoms with Crippen LogP contribution in [-0.2, 0) is 11.2 Å². The predicted molar refractivity (Wildman–Crippen MR) is 138 cm³/mol. The Bertz CT molecular complexity index is 1440. The second-order valence-electron chi connectivity index (χ2n) is 8.35. The molecule has 3 aromatic carbocycles. The molecule has 0 aliphatic carbocycles. The van der Waals surface area contributed by atoms with Crippen LogP contribution in [0, 0.1) is 6.92 Å². The van der Waals surface area contributed by atoms with Crippen LogP contribution in [-0.4, -0.2) is 28.1 Å². The van der Waals surface area contributed by atoms with Crippen molar-refractivity contribution >= 4 is 35.1 Å². The Kier molecular flexibility index (Phi) is 7.69. The number of carbonyl (C=O) groups is 3. The molecule has 0 aliphatic rings. The van der Waals surface area contributed by atoms with Gasteiger partial charge in [-0.2, -0.15) is 0 Å². The SMILES string of the molecule is Cc1noc(-c2ccc(CC(=O)c3ccc(C(=O)O)cc3)cc2)c1NC(=O)OC(C)c1ccccc1Cl. The van der Waals surface area contributed by atoms with E-state index in [-0.39, 0.29) is 17.8 Å². The van der Waals surface area contributed by atoms with Gasteiger partial charge in [-0.1, -0.05) is 71.4 Å². The number of hydrogen-bond acceptors (Lipinski definition) is 6. The minimum Gasteiger partial charge on any atom is -0.478 e. The van der Waals surface area contributed by atoms with Crippen molar-refractivity contribution in [3.63, 3.8) is 0 Å². The van der Waals surface area contributed by atoms with E-state index in [0.717, 1.165) is 5.56 Å². The number of ether oxygens (including phenoxy) is 1. The maximum Gasteiger partial charge on any atom is 0.412 e. The number of nitrogens with one attached hydrogen (secondary N) is 1. The average Bonchev–Trinajstić information content (AvgIpc) is 3.24. The van der Waals surface area contributed by atoms with E-state index >= 15 is 0 Å². The highest BCUT2D eigenvalue weighted by Crippen LogP contribution is 2.32. The average molecular weight is 519 g/mol. The number of aromatic nitrogens is 1. The van der Waals surface area contributed by atoms with Crippen molar-refractivity contribution in [1.29, 1.82) is 0 Å². The molecule has 188 valence electrons. The summed E-state index contributed by atoms with van der Waals surface area (Å²) in [6.45, 7) is 3.42. The molecule has 0 fully saturated rings. The van der Waals surface area contributed by atoms with Gasteiger partial charge in [0.1, 0.15) is 17.5 Å². The monoisotopic (exact) mass is 518 g/mol. The normalized spacial score (nSPS) is 11.5. The van der Waals surface area contributed by atoms with Gasteiger partial charge in [0, 0.05) is 28.1 Å². The number of rotatable bonds is 8. The fourth-order valence-electron chi connectivity index (χ4n) is 3.73. The maximum atomic E-state index is 12.6. The summed E-state index contributed by atoms with van der Waals surface area (Å²) in [6.07, 6.45) is -1.12. The van der Waals surface area contributed by atoms with Crippen LogP contribution in [0.4, 0.5) is 10.5 Å². The molecule has 4 rings (SSSR count). The lowest BCUT2D eigenvalue weighted by Crippen LogP contribution is -2.17. The molecule has 2 N–H and O–H groups in total. The van der Waals surface area contributed by atoms with E-state index in [0.29, 0.717) is 38.9 Å². The molecule has 37 heavy (non-hydrogen) atoms. The Morgan fingerprint density at radius 2 is 1.65 bits per heavy atom. The van der Waals surface area contributed by atoms with E-state index in [1.807, 2.05) is 6.07 Å². The van der Waals surface area contributed by atoms with Crippen LogP contribution in [0.5, 0.6) is 0 Å². The van der Waals surface area contributed by atoms with Crippen LogP contribution in [0.3, 0.4) is 0 Å². The van der Waals surface area contributed by atoms with E-state index in [9.17, 15) is 14.4 Å². The molecule has 4 aromatic rings. The first-order chi connectivity index (χ1) is 17.7. The first kappa shape index (κ1) is 25.7. The predicted octanol–water partition coefficient (Wildman–Crippen LogP) is 6.74. The molecule has 1 aromatic heterocycles. The van der Waals surface area contributed by atoms with Gasteiger partial charge in [0.2, 0.25) is 0 Å². The third-order valence-corrected chi connectivity index (χ3v) is 6.10. The van der Waals surface area contributed by atoms with Gasteiger partial charge >= 0.3 is 12.1 Å². The number of carbonyl (C=O) groups excluding carboxylic acids is 2. The van der Waals surface area contributed by atoms with Gasteiger partial charge in [-0.05, 0) is 37.6 Å². The van der Waals surface area contributed by atoms with Crippen LogP contribution in [0.25, 0.3) is 11.3 Å². The second kappa shape index (κ2) is 11.1. The maximum absolute atomic E-state index is 12.6. The van der Waals surface area contributed by atoms with E-state index in [4.69, 9.17) is 26.0 Å². The van der Waals surface area contributed by atoms with E-state index in [1.165, 1.54) is 24.3 Å². The molecule has 0 saturated heterocycles. The zero-order valence-electron chi connectivity index (χ0n) is 20.0. The Morgan fingerprint density at radius 1 is 1.00 bits per heavy atom. The van der Waals surface area contributed by atoms with Crippen LogP contribution in [0.2, 0.25) is 5.02 Å². The molecular weight excluding hydrogens is 496 g/mol. The molecule has 8 nitrogen and oxygen atoms in total. The molecule has 1 heterocycles. The third-order valence-electron chi connectivity index (χ3n) is 5.75. The van der Waals surface area contributed by atoms with Gasteiger partial charge in [0.05, 0.1) is 5.56 Å². The molecule has 1 unspecified atom stereocenters. The lowest BCUT2D eigenvalue weighted by molar-refractivity contribution is 0.0696. The van der Waals surface area contributed by atoms with Crippen molar-refractivity contribution in [2.45, 2.75) is 26.4 Å². The minimum absolute atomic E-state index is 0.120. The van der Waals surface area contributed by atoms with Crippen molar-refractivity contribution in [1.82, 2.24) is 5.16 Å². The third kappa shape index (κ3) is 6.05. The number of ketones is 1. The number of halogens is 1. The summed E-state index contributed by atoms with van der Waals surface area (Å²) < 4.78 is 10.9. The largest absolute Gasteiger partial charge is 0.478 e. The van der Waals surface area contributed by atoms with Gasteiger partial charge in [-0.3, -0.25) is 10.1 Å². The molecule has 9 heteroatoms. The summed E-state index contributed by atoms with van der Waals surface area (Å²) in [4.78, 5) is 36.2. The van der Waals surface area contributed by atoms with Crippen LogP contribution in [0.1, 0.15) is 50.6 Å². The second-order valence-corrected chi connectivity index (χ2v) is 8.75. The van der Waals surface area contributed by atoms with E-state index in [1.54, 1.807) is 56.3 Å². The number of carboxylic acids is 1. The Hall–Kier alpha value is -4.43. The van der Waals surface area contributed by atoms with Crippen molar-refractivity contribution in [3.8, 4) is 11.3 Å². The zero-order valence-corrected chi connectivity index (χ0v) is 20.8. The standard InChI is InChI=1S/C28H23ClN2O6/c1-16-25(30-28(35)36-17(2)22-5-3-4-6-23(22)29)26(37-31-16)20-9-7-18(8-10-20)15-24(32)19-11-13-21(14-12-19)27(33)34/h3-14,17H,15H2,1-2H3,(H,30,35)(H,33,34). The summed E-state index contributed by atoms with van der Waals surface area (Å²) in [7, 11) is 0. The molecule has 0 radical (unpaired) electrons. The highest BCUT2D eigenvalue weighted by molar-refractivity contribution is 6.31. The Morgan fingerprint density at radius 3 is 2.30 bits per heavy atom. The summed E-state index contributed by atoms with van der Waals surface area (Å²) >= 11 is 6.19. The number of nitrogens with zero attached hydrogens (tertiary/aromatic N) is 1. The van der Waals surface area contributed by atoms with Crippen LogP contribution >= 0.6 is 11.6 Å². The van der Waals surface area contributed by atoms with Crippen LogP contribution in [0.15, 0.2) is 77.3 Å². The van der Waals surface area contributed by atoms with Gasteiger partial charge in [-0.15, -0.1) is 0 Å². The van der Waals surface area contributed by atoms with Crippen molar-refractivity contribution in [2.75, 3.05) is 5.32 Å². The molecule has 0 aliphatic heterocycles. The van der Waals surface area contributed by atoms with Gasteiger partial charge in [0.25, 0.3) is 0 Å². The molecule has 1 atom stereocenters. The molecule has 0 bridgehead atoms. The summed E-state index contributed by atoms with van der Waals surface area (Å²) in [5.74, 6) is -0.839. The van der Waals surface area contributed by atoms with Crippen molar-refractivity contribution in [2.24, 2.45) is 0 Å². The van der Waals surface area contributed by atoms with Gasteiger partial charge in [-0.25, -0.2) is 9.59 Å². The number of benzene rings is 3. The first-order valence-corrected chi connectivity index (χ1v) is 11.7. The number of anilines is 1. The Balaban J connectivity index is 1.43. The Labute approximate surface area is 217 Å². The molecule has 0 spiro atoms. The first-order valence-electron chi connectivity index (χ1n) is 11.4. The quantitative estimate of drug-likeness (QED) is 0.248. The lowest BCUT2D eigenvalue weighted by atomic mass is 10.0. The lowest BCUT2D eigenvalue weighted by Gasteiger charge is -2.15. The number of Topliss-reactive ketones (excluding diaryl/α,β-unsaturated/α-hetero) is 1. The number of aromatic carboxylic acids is 1. The fourth-order valence-corrected chi connectivity index (χ4v) is 4.02. The molecule has 0 saturated carbocycles. The van der Waals surface area contributed by atoms with E-state index in [2.05, 4.69) is 10.5 Å². The van der Waals surface area contributed by atoms with Crippen molar-refractivity contribution < 1.29 is 28.8 Å². The minimum atomic E-state index is -1.05. The van der Waals surface area contributed by atoms with Crippen molar-refractivity contribution in [3.05, 3.63) is 106 Å². The van der Waals surface area contributed by atoms with Gasteiger partial charge in [0.15, 0.2) is 11.5 Å². The highest BCUT2D eigenvalue weighted by atomic mass is 35.5. The molecule has 1 amide bonds. The van der Waals surface area contributed by atoms with E-state index < -0.39 is 18.2 Å². The highest BCUT2D eigenvalue weighted by Gasteiger charge is 2.21. The molecular formula is C28H23ClN2O6. The summed E-state index contributed by atoms with van der Waals surface area (Å²) in [5.41, 5.74) is 3.49. The zero-order chi connectivity index (χ0) is 26.5. The number of carboxylic acid groups (broad SMARTS) is 1.